The molecular weight excluding hydrogens is 276 g/mol. The molecule has 112 valence electrons. The van der Waals surface area contributed by atoms with Crippen LogP contribution in [0.3, 0.4) is 0 Å². The summed E-state index contributed by atoms with van der Waals surface area (Å²) >= 11 is 0. The number of ether oxygens (including phenoxy) is 1. The number of methoxy groups -OCH3 is 1. The molecule has 1 N–H and O–H groups in total. The Morgan fingerprint density at radius 3 is 2.81 bits per heavy atom. The second-order valence-corrected chi connectivity index (χ2v) is 4.52. The zero-order valence-corrected chi connectivity index (χ0v) is 11.9. The minimum absolute atomic E-state index is 0.212. The van der Waals surface area contributed by atoms with E-state index in [9.17, 15) is 8.78 Å². The SMILES string of the molecule is CCCNC(c1cc(OC)ncn1)c1cccc(F)c1F. The smallest absolute Gasteiger partial charge is 0.216 e. The number of benzene rings is 1. The quantitative estimate of drug-likeness (QED) is 0.889. The first-order valence-electron chi connectivity index (χ1n) is 6.70. The largest absolute Gasteiger partial charge is 0.481 e. The number of nitrogens with zero attached hydrogens (tertiary/aromatic N) is 2. The highest BCUT2D eigenvalue weighted by atomic mass is 19.2. The molecule has 0 aliphatic carbocycles. The van der Waals surface area contributed by atoms with E-state index in [0.29, 0.717) is 18.1 Å². The fourth-order valence-electron chi connectivity index (χ4n) is 2.03. The second-order valence-electron chi connectivity index (χ2n) is 4.52. The Morgan fingerprint density at radius 1 is 1.29 bits per heavy atom. The molecule has 0 fully saturated rings. The van der Waals surface area contributed by atoms with Crippen LogP contribution in [-0.2, 0) is 0 Å². The summed E-state index contributed by atoms with van der Waals surface area (Å²) in [5.74, 6) is -1.37. The molecule has 4 nitrogen and oxygen atoms in total. The van der Waals surface area contributed by atoms with Crippen LogP contribution in [0.5, 0.6) is 5.88 Å². The van der Waals surface area contributed by atoms with Crippen molar-refractivity contribution < 1.29 is 13.5 Å². The van der Waals surface area contributed by atoms with Crippen LogP contribution in [0.25, 0.3) is 0 Å². The summed E-state index contributed by atoms with van der Waals surface area (Å²) in [6.07, 6.45) is 2.20. The van der Waals surface area contributed by atoms with E-state index in [2.05, 4.69) is 15.3 Å². The predicted molar refractivity (Wildman–Crippen MR) is 75.1 cm³/mol. The summed E-state index contributed by atoms with van der Waals surface area (Å²) in [5, 5.41) is 3.17. The highest BCUT2D eigenvalue weighted by Gasteiger charge is 2.21. The average molecular weight is 293 g/mol. The van der Waals surface area contributed by atoms with Gasteiger partial charge in [-0.3, -0.25) is 0 Å². The van der Waals surface area contributed by atoms with Gasteiger partial charge in [-0.15, -0.1) is 0 Å². The molecule has 0 aliphatic rings. The normalized spacial score (nSPS) is 12.2. The van der Waals surface area contributed by atoms with Crippen molar-refractivity contribution in [2.24, 2.45) is 0 Å². The van der Waals surface area contributed by atoms with Gasteiger partial charge in [0.05, 0.1) is 18.8 Å². The van der Waals surface area contributed by atoms with E-state index in [0.717, 1.165) is 12.5 Å². The van der Waals surface area contributed by atoms with Crippen molar-refractivity contribution in [3.63, 3.8) is 0 Å². The summed E-state index contributed by atoms with van der Waals surface area (Å²) in [6, 6.07) is 5.17. The van der Waals surface area contributed by atoms with Crippen molar-refractivity contribution in [1.82, 2.24) is 15.3 Å². The van der Waals surface area contributed by atoms with Gasteiger partial charge in [-0.25, -0.2) is 18.7 Å². The summed E-state index contributed by atoms with van der Waals surface area (Å²) in [4.78, 5) is 8.07. The third-order valence-corrected chi connectivity index (χ3v) is 3.06. The number of hydrogen-bond acceptors (Lipinski definition) is 4. The Bertz CT molecular complexity index is 607. The molecule has 2 aromatic rings. The van der Waals surface area contributed by atoms with Crippen molar-refractivity contribution in [1.29, 1.82) is 0 Å². The molecule has 1 aromatic heterocycles. The number of aromatic nitrogens is 2. The number of rotatable bonds is 6. The van der Waals surface area contributed by atoms with E-state index in [1.54, 1.807) is 12.1 Å². The van der Waals surface area contributed by atoms with Crippen LogP contribution in [0.15, 0.2) is 30.6 Å². The Kier molecular flexibility index (Phi) is 5.16. The lowest BCUT2D eigenvalue weighted by Crippen LogP contribution is -2.25. The third kappa shape index (κ3) is 3.52. The fourth-order valence-corrected chi connectivity index (χ4v) is 2.03. The molecule has 1 aromatic carbocycles. The number of nitrogens with one attached hydrogen (secondary N) is 1. The second kappa shape index (κ2) is 7.08. The standard InChI is InChI=1S/C15H17F2N3O/c1-3-7-18-15(10-5-4-6-11(16)14(10)17)12-8-13(21-2)20-9-19-12/h4-6,8-9,15,18H,3,7H2,1-2H3. The third-order valence-electron chi connectivity index (χ3n) is 3.06. The molecule has 0 radical (unpaired) electrons. The maximum absolute atomic E-state index is 14.1. The van der Waals surface area contributed by atoms with E-state index in [1.165, 1.54) is 19.5 Å². The molecule has 0 saturated carbocycles. The van der Waals surface area contributed by atoms with Gasteiger partial charge < -0.3 is 10.1 Å². The molecule has 6 heteroatoms. The summed E-state index contributed by atoms with van der Waals surface area (Å²) in [7, 11) is 1.49. The van der Waals surface area contributed by atoms with Crippen LogP contribution < -0.4 is 10.1 Å². The highest BCUT2D eigenvalue weighted by Crippen LogP contribution is 2.25. The average Bonchev–Trinajstić information content (AvgIpc) is 2.52. The van der Waals surface area contributed by atoms with Gasteiger partial charge in [0.2, 0.25) is 5.88 Å². The topological polar surface area (TPSA) is 47.0 Å². The maximum Gasteiger partial charge on any atom is 0.216 e. The Balaban J connectivity index is 2.44. The maximum atomic E-state index is 14.1. The molecule has 21 heavy (non-hydrogen) atoms. The van der Waals surface area contributed by atoms with E-state index < -0.39 is 17.7 Å². The lowest BCUT2D eigenvalue weighted by molar-refractivity contribution is 0.394. The van der Waals surface area contributed by atoms with Gasteiger partial charge >= 0.3 is 0 Å². The summed E-state index contributed by atoms with van der Waals surface area (Å²) in [6.45, 7) is 2.64. The molecule has 0 spiro atoms. The molecule has 1 heterocycles. The van der Waals surface area contributed by atoms with Gasteiger partial charge in [-0.1, -0.05) is 19.1 Å². The van der Waals surface area contributed by atoms with Crippen molar-refractivity contribution in [3.8, 4) is 5.88 Å². The highest BCUT2D eigenvalue weighted by molar-refractivity contribution is 5.31. The number of halogens is 2. The first-order chi connectivity index (χ1) is 10.2. The minimum atomic E-state index is -0.878. The van der Waals surface area contributed by atoms with Crippen LogP contribution in [0.1, 0.15) is 30.6 Å². The Morgan fingerprint density at radius 2 is 2.10 bits per heavy atom. The van der Waals surface area contributed by atoms with Gasteiger partial charge in [0, 0.05) is 11.6 Å². The molecule has 0 bridgehead atoms. The zero-order chi connectivity index (χ0) is 15.2. The van der Waals surface area contributed by atoms with Crippen LogP contribution in [0, 0.1) is 11.6 Å². The zero-order valence-electron chi connectivity index (χ0n) is 11.9. The van der Waals surface area contributed by atoms with Gasteiger partial charge in [-0.05, 0) is 19.0 Å². The van der Waals surface area contributed by atoms with E-state index in [-0.39, 0.29) is 5.56 Å². The van der Waals surface area contributed by atoms with Crippen LogP contribution in [0.4, 0.5) is 8.78 Å². The molecule has 2 rings (SSSR count). The van der Waals surface area contributed by atoms with Gasteiger partial charge in [0.1, 0.15) is 6.33 Å². The van der Waals surface area contributed by atoms with Crippen LogP contribution >= 0.6 is 0 Å². The van der Waals surface area contributed by atoms with Crippen molar-refractivity contribution in [3.05, 3.63) is 53.5 Å². The number of hydrogen-bond donors (Lipinski definition) is 1. The Hall–Kier alpha value is -2.08. The lowest BCUT2D eigenvalue weighted by Gasteiger charge is -2.19. The van der Waals surface area contributed by atoms with Crippen LogP contribution in [0.2, 0.25) is 0 Å². The van der Waals surface area contributed by atoms with Gasteiger partial charge in [-0.2, -0.15) is 0 Å². The molecule has 1 unspecified atom stereocenters. The van der Waals surface area contributed by atoms with Gasteiger partial charge in [0.25, 0.3) is 0 Å². The first kappa shape index (κ1) is 15.3. The molecule has 0 amide bonds. The van der Waals surface area contributed by atoms with Crippen molar-refractivity contribution in [2.75, 3.05) is 13.7 Å². The van der Waals surface area contributed by atoms with Crippen molar-refractivity contribution in [2.45, 2.75) is 19.4 Å². The molecule has 0 saturated heterocycles. The molecule has 0 aliphatic heterocycles. The lowest BCUT2D eigenvalue weighted by atomic mass is 10.0. The first-order valence-corrected chi connectivity index (χ1v) is 6.70. The fraction of sp³-hybridized carbons (Fsp3) is 0.333. The van der Waals surface area contributed by atoms with E-state index in [1.807, 2.05) is 6.92 Å². The van der Waals surface area contributed by atoms with E-state index >= 15 is 0 Å². The van der Waals surface area contributed by atoms with Crippen LogP contribution in [-0.4, -0.2) is 23.6 Å². The Labute approximate surface area is 122 Å². The monoisotopic (exact) mass is 293 g/mol. The minimum Gasteiger partial charge on any atom is -0.481 e. The summed E-state index contributed by atoms with van der Waals surface area (Å²) < 4.78 is 32.6. The van der Waals surface area contributed by atoms with E-state index in [4.69, 9.17) is 4.74 Å². The predicted octanol–water partition coefficient (Wildman–Crippen LogP) is 2.85. The van der Waals surface area contributed by atoms with Gasteiger partial charge in [0.15, 0.2) is 11.6 Å². The summed E-state index contributed by atoms with van der Waals surface area (Å²) in [5.41, 5.74) is 0.740. The molecular formula is C15H17F2N3O. The molecule has 1 atom stereocenters. The van der Waals surface area contributed by atoms with Crippen molar-refractivity contribution >= 4 is 0 Å².